The van der Waals surface area contributed by atoms with Crippen molar-refractivity contribution >= 4 is 35.4 Å². The number of nitrogens with zero attached hydrogens (tertiary/aromatic N) is 3. The maximum Gasteiger partial charge on any atom is 0.325 e. The van der Waals surface area contributed by atoms with E-state index in [0.29, 0.717) is 31.3 Å². The number of guanidine groups is 1. The van der Waals surface area contributed by atoms with Crippen molar-refractivity contribution in [3.8, 4) is 5.75 Å². The lowest BCUT2D eigenvalue weighted by Gasteiger charge is -2.33. The second kappa shape index (κ2) is 12.1. The van der Waals surface area contributed by atoms with Gasteiger partial charge in [0.25, 0.3) is 5.91 Å². The van der Waals surface area contributed by atoms with Crippen molar-refractivity contribution in [1.82, 2.24) is 15.1 Å². The summed E-state index contributed by atoms with van der Waals surface area (Å²) in [7, 11) is 1.34. The number of carbonyl (C=O) groups excluding carboxylic acids is 4. The van der Waals surface area contributed by atoms with Gasteiger partial charge in [-0.1, -0.05) is 19.3 Å². The van der Waals surface area contributed by atoms with Gasteiger partial charge in [0.05, 0.1) is 19.4 Å². The Morgan fingerprint density at radius 3 is 2.70 bits per heavy atom. The predicted molar refractivity (Wildman–Crippen MR) is 133 cm³/mol. The number of benzene rings is 1. The van der Waals surface area contributed by atoms with Crippen LogP contribution in [0.2, 0.25) is 0 Å². The molecule has 2 amide bonds. The van der Waals surface area contributed by atoms with Crippen LogP contribution in [0.3, 0.4) is 0 Å². The van der Waals surface area contributed by atoms with Crippen LogP contribution in [0.5, 0.6) is 5.75 Å². The molecule has 1 aliphatic carbocycles. The van der Waals surface area contributed by atoms with E-state index in [1.807, 2.05) is 12.1 Å². The molecule has 11 nitrogen and oxygen atoms in total. The van der Waals surface area contributed by atoms with Gasteiger partial charge >= 0.3 is 11.9 Å². The summed E-state index contributed by atoms with van der Waals surface area (Å²) in [6.07, 6.45) is 5.92. The fourth-order valence-electron chi connectivity index (χ4n) is 4.95. The molecule has 11 heteroatoms. The summed E-state index contributed by atoms with van der Waals surface area (Å²) in [6, 6.07) is 4.95. The van der Waals surface area contributed by atoms with Crippen molar-refractivity contribution in [1.29, 1.82) is 0 Å². The van der Waals surface area contributed by atoms with Gasteiger partial charge in [-0.05, 0) is 37.5 Å². The van der Waals surface area contributed by atoms with Gasteiger partial charge in [0.1, 0.15) is 24.9 Å². The number of ether oxygens (including phenoxy) is 3. The van der Waals surface area contributed by atoms with E-state index in [1.165, 1.54) is 14.0 Å². The van der Waals surface area contributed by atoms with Crippen molar-refractivity contribution in [3.05, 3.63) is 23.8 Å². The average molecular weight is 515 g/mol. The van der Waals surface area contributed by atoms with E-state index in [1.54, 1.807) is 15.9 Å². The average Bonchev–Trinajstić information content (AvgIpc) is 3.20. The van der Waals surface area contributed by atoms with E-state index in [0.717, 1.165) is 43.4 Å². The molecule has 2 aliphatic heterocycles. The first-order valence-electron chi connectivity index (χ1n) is 12.8. The molecule has 3 aliphatic rings. The first-order valence-corrected chi connectivity index (χ1v) is 12.8. The fourth-order valence-corrected chi connectivity index (χ4v) is 4.95. The van der Waals surface area contributed by atoms with Gasteiger partial charge in [-0.3, -0.25) is 24.5 Å². The summed E-state index contributed by atoms with van der Waals surface area (Å²) < 4.78 is 15.8. The van der Waals surface area contributed by atoms with Crippen LogP contribution in [0.15, 0.2) is 23.2 Å². The highest BCUT2D eigenvalue weighted by Crippen LogP contribution is 2.32. The lowest BCUT2D eigenvalue weighted by atomic mass is 9.94. The Labute approximate surface area is 216 Å². The molecule has 0 spiro atoms. The van der Waals surface area contributed by atoms with E-state index < -0.39 is 18.0 Å². The number of esters is 2. The zero-order chi connectivity index (χ0) is 26.4. The molecule has 4 rings (SSSR count). The van der Waals surface area contributed by atoms with E-state index in [-0.39, 0.29) is 37.4 Å². The van der Waals surface area contributed by atoms with Crippen LogP contribution in [0.25, 0.3) is 0 Å². The number of methoxy groups -OCH3 is 1. The Balaban J connectivity index is 1.30. The lowest BCUT2D eigenvalue weighted by Crippen LogP contribution is -2.44. The largest absolute Gasteiger partial charge is 0.494 e. The molecular formula is C26H34N4O7. The van der Waals surface area contributed by atoms with Crippen molar-refractivity contribution in [2.24, 2.45) is 4.99 Å². The van der Waals surface area contributed by atoms with Crippen molar-refractivity contribution in [3.63, 3.8) is 0 Å². The second-order valence-electron chi connectivity index (χ2n) is 9.50. The number of aliphatic imine (C=N–C) groups is 1. The topological polar surface area (TPSA) is 127 Å². The van der Waals surface area contributed by atoms with Crippen LogP contribution in [0.4, 0.5) is 5.69 Å². The maximum absolute atomic E-state index is 12.9. The molecule has 1 saturated carbocycles. The highest BCUT2D eigenvalue weighted by Gasteiger charge is 2.39. The second-order valence-corrected chi connectivity index (χ2v) is 9.50. The Kier molecular flexibility index (Phi) is 8.62. The van der Waals surface area contributed by atoms with Crippen LogP contribution in [0, 0.1) is 0 Å². The quantitative estimate of drug-likeness (QED) is 0.371. The minimum Gasteiger partial charge on any atom is -0.494 e. The summed E-state index contributed by atoms with van der Waals surface area (Å²) >= 11 is 0. The molecule has 37 heavy (non-hydrogen) atoms. The normalized spacial score (nSPS) is 18.8. The van der Waals surface area contributed by atoms with E-state index in [4.69, 9.17) is 14.2 Å². The van der Waals surface area contributed by atoms with Gasteiger partial charge in [0, 0.05) is 31.5 Å². The third-order valence-electron chi connectivity index (χ3n) is 6.92. The highest BCUT2D eigenvalue weighted by atomic mass is 16.5. The van der Waals surface area contributed by atoms with Gasteiger partial charge in [0.15, 0.2) is 0 Å². The molecule has 1 unspecified atom stereocenters. The highest BCUT2D eigenvalue weighted by molar-refractivity contribution is 6.08. The van der Waals surface area contributed by atoms with Gasteiger partial charge < -0.3 is 24.0 Å². The summed E-state index contributed by atoms with van der Waals surface area (Å²) in [5, 5.41) is 2.74. The Hall–Kier alpha value is -3.63. The number of hydrogen-bond donors (Lipinski definition) is 1. The molecule has 2 heterocycles. The number of amides is 2. The summed E-state index contributed by atoms with van der Waals surface area (Å²) in [4.78, 5) is 56.3. The third-order valence-corrected chi connectivity index (χ3v) is 6.92. The zero-order valence-electron chi connectivity index (χ0n) is 21.4. The molecule has 1 aromatic rings. The molecule has 1 saturated heterocycles. The maximum atomic E-state index is 12.9. The molecule has 1 N–H and O–H groups in total. The Bertz CT molecular complexity index is 1070. The summed E-state index contributed by atoms with van der Waals surface area (Å²) in [6.45, 7) is 2.00. The molecule has 1 aromatic carbocycles. The molecule has 0 aromatic heterocycles. The van der Waals surface area contributed by atoms with E-state index in [9.17, 15) is 19.2 Å². The summed E-state index contributed by atoms with van der Waals surface area (Å²) in [5.41, 5.74) is 1.61. The minimum atomic E-state index is -0.636. The van der Waals surface area contributed by atoms with E-state index in [2.05, 4.69) is 10.3 Å². The SMILES string of the molecule is COC(=O)CN(C(=O)CCCOc1ccc2c(c1)CN1C(=N2)NC(=O)C1COC(C)=O)C1CCCCC1. The van der Waals surface area contributed by atoms with Gasteiger partial charge in [0.2, 0.25) is 11.9 Å². The number of hydrogen-bond acceptors (Lipinski definition) is 9. The standard InChI is InChI=1S/C26H34N4O7/c1-17(31)37-16-22-25(34)28-26-27-21-11-10-20(13-18(21)14-30(22)26)36-12-6-9-23(32)29(15-24(33)35-2)19-7-4-3-5-8-19/h10-11,13,19,22H,3-9,12,14-16H2,1-2H3,(H,27,28,34). The zero-order valence-corrected chi connectivity index (χ0v) is 21.4. The van der Waals surface area contributed by atoms with Gasteiger partial charge in [-0.15, -0.1) is 0 Å². The summed E-state index contributed by atoms with van der Waals surface area (Å²) in [5.74, 6) is -0.0894. The van der Waals surface area contributed by atoms with Crippen LogP contribution in [0.1, 0.15) is 57.4 Å². The van der Waals surface area contributed by atoms with Crippen molar-refractivity contribution in [2.75, 3.05) is 26.9 Å². The monoisotopic (exact) mass is 514 g/mol. The fraction of sp³-hybridized carbons (Fsp3) is 0.577. The van der Waals surface area contributed by atoms with Gasteiger partial charge in [-0.25, -0.2) is 4.99 Å². The number of nitrogens with one attached hydrogen (secondary N) is 1. The molecule has 2 fully saturated rings. The molecule has 1 atom stereocenters. The van der Waals surface area contributed by atoms with Crippen LogP contribution < -0.4 is 10.1 Å². The molecule has 200 valence electrons. The Morgan fingerprint density at radius 1 is 1.19 bits per heavy atom. The molecule has 0 bridgehead atoms. The van der Waals surface area contributed by atoms with Crippen LogP contribution >= 0.6 is 0 Å². The van der Waals surface area contributed by atoms with Crippen LogP contribution in [-0.4, -0.2) is 78.5 Å². The van der Waals surface area contributed by atoms with Crippen LogP contribution in [-0.2, 0) is 35.2 Å². The number of fused-ring (bicyclic) bond motifs is 2. The first-order chi connectivity index (χ1) is 17.9. The minimum absolute atomic E-state index is 0.0134. The first kappa shape index (κ1) is 26.4. The van der Waals surface area contributed by atoms with Gasteiger partial charge in [-0.2, -0.15) is 0 Å². The molecule has 0 radical (unpaired) electrons. The lowest BCUT2D eigenvalue weighted by molar-refractivity contribution is -0.149. The smallest absolute Gasteiger partial charge is 0.325 e. The number of carbonyl (C=O) groups is 4. The third kappa shape index (κ3) is 6.58. The Morgan fingerprint density at radius 2 is 1.97 bits per heavy atom. The van der Waals surface area contributed by atoms with Crippen molar-refractivity contribution in [2.45, 2.75) is 70.5 Å². The predicted octanol–water partition coefficient (Wildman–Crippen LogP) is 2.04. The molecular weight excluding hydrogens is 480 g/mol. The number of rotatable bonds is 10. The van der Waals surface area contributed by atoms with E-state index >= 15 is 0 Å². The van der Waals surface area contributed by atoms with Crippen molar-refractivity contribution < 1.29 is 33.4 Å².